The average Bonchev–Trinajstić information content (AvgIpc) is 2.70. The van der Waals surface area contributed by atoms with E-state index in [0.29, 0.717) is 16.7 Å². The van der Waals surface area contributed by atoms with E-state index in [9.17, 15) is 9.59 Å². The lowest BCUT2D eigenvalue weighted by Gasteiger charge is -2.13. The smallest absolute Gasteiger partial charge is 0.408 e. The number of carbonyl (C=O) groups is 1. The zero-order valence-electron chi connectivity index (χ0n) is 11.0. The first kappa shape index (κ1) is 13.5. The van der Waals surface area contributed by atoms with E-state index in [0.717, 1.165) is 0 Å². The number of nitrogens with zero attached hydrogens (tertiary/aromatic N) is 1. The number of rotatable bonds is 5. The Morgan fingerprint density at radius 2 is 2.05 bits per heavy atom. The van der Waals surface area contributed by atoms with Gasteiger partial charge in [0, 0.05) is 19.8 Å². The second kappa shape index (κ2) is 5.38. The van der Waals surface area contributed by atoms with Crippen LogP contribution in [0.4, 0.5) is 0 Å². The maximum atomic E-state index is 11.8. The molecule has 0 aliphatic rings. The van der Waals surface area contributed by atoms with E-state index in [4.69, 9.17) is 13.9 Å². The third-order valence-corrected chi connectivity index (χ3v) is 2.93. The number of methoxy groups -OCH3 is 2. The maximum absolute atomic E-state index is 11.8. The Kier molecular flexibility index (Phi) is 3.82. The zero-order valence-corrected chi connectivity index (χ0v) is 11.0. The lowest BCUT2D eigenvalue weighted by molar-refractivity contribution is -0.111. The van der Waals surface area contributed by atoms with Crippen molar-refractivity contribution in [3.8, 4) is 0 Å². The molecule has 0 aliphatic carbocycles. The highest BCUT2D eigenvalue weighted by molar-refractivity contribution is 5.96. The molecule has 1 aromatic heterocycles. The highest BCUT2D eigenvalue weighted by atomic mass is 16.7. The van der Waals surface area contributed by atoms with Crippen molar-refractivity contribution in [3.05, 3.63) is 34.3 Å². The van der Waals surface area contributed by atoms with Gasteiger partial charge in [-0.15, -0.1) is 0 Å². The summed E-state index contributed by atoms with van der Waals surface area (Å²) in [6.45, 7) is 1.68. The van der Waals surface area contributed by atoms with Gasteiger partial charge < -0.3 is 13.9 Å². The van der Waals surface area contributed by atoms with E-state index < -0.39 is 12.0 Å². The molecule has 1 heterocycles. The van der Waals surface area contributed by atoms with Crippen LogP contribution in [0.5, 0.6) is 0 Å². The molecule has 0 amide bonds. The molecule has 19 heavy (non-hydrogen) atoms. The number of ketones is 1. The predicted octanol–water partition coefficient (Wildman–Crippen LogP) is 1.42. The summed E-state index contributed by atoms with van der Waals surface area (Å²) >= 11 is 0. The second-order valence-corrected chi connectivity index (χ2v) is 4.12. The number of fused-ring (bicyclic) bond motifs is 1. The molecule has 0 saturated heterocycles. The summed E-state index contributed by atoms with van der Waals surface area (Å²) in [7, 11) is 2.99. The van der Waals surface area contributed by atoms with Gasteiger partial charge in [-0.2, -0.15) is 0 Å². The predicted molar refractivity (Wildman–Crippen MR) is 68.3 cm³/mol. The highest BCUT2D eigenvalue weighted by Gasteiger charge is 2.15. The van der Waals surface area contributed by atoms with Gasteiger partial charge in [0.15, 0.2) is 17.7 Å². The Balaban J connectivity index is 2.48. The van der Waals surface area contributed by atoms with Crippen molar-refractivity contribution in [1.82, 2.24) is 4.57 Å². The number of Topliss-reactive ketones (excluding diaryl/α,β-unsaturated/α-hetero) is 1. The molecule has 2 aromatic rings. The van der Waals surface area contributed by atoms with Gasteiger partial charge in [-0.05, 0) is 25.1 Å². The fourth-order valence-corrected chi connectivity index (χ4v) is 1.85. The number of ether oxygens (including phenoxy) is 2. The zero-order chi connectivity index (χ0) is 14.0. The first-order chi connectivity index (χ1) is 9.06. The molecule has 1 aromatic carbocycles. The Morgan fingerprint density at radius 3 is 2.63 bits per heavy atom. The molecule has 0 radical (unpaired) electrons. The van der Waals surface area contributed by atoms with Gasteiger partial charge in [0.2, 0.25) is 0 Å². The number of oxazole rings is 1. The van der Waals surface area contributed by atoms with E-state index >= 15 is 0 Å². The summed E-state index contributed by atoms with van der Waals surface area (Å²) in [5, 5.41) is 0. The lowest BCUT2D eigenvalue weighted by Crippen LogP contribution is -2.26. The fourth-order valence-electron chi connectivity index (χ4n) is 1.85. The van der Waals surface area contributed by atoms with Crippen LogP contribution in [-0.2, 0) is 16.0 Å². The first-order valence-electron chi connectivity index (χ1n) is 5.76. The van der Waals surface area contributed by atoms with Crippen LogP contribution in [0.15, 0.2) is 27.4 Å². The molecular formula is C13H15NO5. The number of hydrogen-bond donors (Lipinski definition) is 0. The highest BCUT2D eigenvalue weighted by Crippen LogP contribution is 2.16. The molecule has 6 nitrogen and oxygen atoms in total. The van der Waals surface area contributed by atoms with Crippen LogP contribution in [-0.4, -0.2) is 30.9 Å². The SMILES string of the molecule is COC(Cn1c(=O)oc2cc(C(C)=O)ccc21)OC. The summed E-state index contributed by atoms with van der Waals surface area (Å²) in [6, 6.07) is 4.90. The van der Waals surface area contributed by atoms with E-state index in [1.54, 1.807) is 18.2 Å². The van der Waals surface area contributed by atoms with Crippen molar-refractivity contribution in [2.24, 2.45) is 0 Å². The topological polar surface area (TPSA) is 70.7 Å². The Morgan fingerprint density at radius 1 is 1.37 bits per heavy atom. The van der Waals surface area contributed by atoms with Crippen LogP contribution in [0.25, 0.3) is 11.1 Å². The molecule has 0 unspecified atom stereocenters. The number of carbonyl (C=O) groups excluding carboxylic acids is 1. The van der Waals surface area contributed by atoms with Crippen molar-refractivity contribution in [3.63, 3.8) is 0 Å². The van der Waals surface area contributed by atoms with Crippen LogP contribution in [0, 0.1) is 0 Å². The van der Waals surface area contributed by atoms with Gasteiger partial charge in [0.05, 0.1) is 12.1 Å². The second-order valence-electron chi connectivity index (χ2n) is 4.12. The van der Waals surface area contributed by atoms with Crippen LogP contribution in [0.2, 0.25) is 0 Å². The van der Waals surface area contributed by atoms with Crippen molar-refractivity contribution in [2.45, 2.75) is 19.8 Å². The van der Waals surface area contributed by atoms with Crippen molar-refractivity contribution in [1.29, 1.82) is 0 Å². The summed E-state index contributed by atoms with van der Waals surface area (Å²) in [4.78, 5) is 23.1. The van der Waals surface area contributed by atoms with Gasteiger partial charge >= 0.3 is 5.76 Å². The minimum absolute atomic E-state index is 0.0797. The number of benzene rings is 1. The van der Waals surface area contributed by atoms with Crippen LogP contribution >= 0.6 is 0 Å². The molecule has 0 aliphatic heterocycles. The Hall–Kier alpha value is -1.92. The molecule has 2 rings (SSSR count). The fraction of sp³-hybridized carbons (Fsp3) is 0.385. The maximum Gasteiger partial charge on any atom is 0.420 e. The quantitative estimate of drug-likeness (QED) is 0.604. The van der Waals surface area contributed by atoms with E-state index in [2.05, 4.69) is 0 Å². The lowest BCUT2D eigenvalue weighted by atomic mass is 10.1. The van der Waals surface area contributed by atoms with Crippen LogP contribution in [0.3, 0.4) is 0 Å². The third kappa shape index (κ3) is 2.59. The van der Waals surface area contributed by atoms with Gasteiger partial charge in [0.25, 0.3) is 0 Å². The molecule has 0 N–H and O–H groups in total. The minimum atomic E-state index is -0.536. The first-order valence-corrected chi connectivity index (χ1v) is 5.76. The van der Waals surface area contributed by atoms with Gasteiger partial charge in [0.1, 0.15) is 0 Å². The summed E-state index contributed by atoms with van der Waals surface area (Å²) < 4.78 is 16.7. The summed E-state index contributed by atoms with van der Waals surface area (Å²) in [6.07, 6.45) is -0.536. The molecule has 0 fully saturated rings. The largest absolute Gasteiger partial charge is 0.420 e. The normalized spacial score (nSPS) is 11.4. The van der Waals surface area contributed by atoms with Crippen LogP contribution in [0.1, 0.15) is 17.3 Å². The van der Waals surface area contributed by atoms with E-state index in [1.165, 1.54) is 25.7 Å². The summed E-state index contributed by atoms with van der Waals surface area (Å²) in [5.41, 5.74) is 1.49. The molecule has 0 bridgehead atoms. The third-order valence-electron chi connectivity index (χ3n) is 2.93. The molecule has 102 valence electrons. The minimum Gasteiger partial charge on any atom is -0.408 e. The van der Waals surface area contributed by atoms with E-state index in [1.807, 2.05) is 0 Å². The summed E-state index contributed by atoms with van der Waals surface area (Å²) in [5.74, 6) is -0.584. The molecule has 0 spiro atoms. The Labute approximate surface area is 109 Å². The van der Waals surface area contributed by atoms with Crippen molar-refractivity contribution >= 4 is 16.9 Å². The average molecular weight is 265 g/mol. The standard InChI is InChI=1S/C13H15NO5/c1-8(15)9-4-5-10-11(6-9)19-13(16)14(10)7-12(17-2)18-3/h4-6,12H,7H2,1-3H3. The monoisotopic (exact) mass is 265 g/mol. The number of hydrogen-bond acceptors (Lipinski definition) is 5. The van der Waals surface area contributed by atoms with Gasteiger partial charge in [-0.1, -0.05) is 0 Å². The number of aromatic nitrogens is 1. The molecule has 0 saturated carbocycles. The molecular weight excluding hydrogens is 250 g/mol. The Bertz CT molecular complexity index is 651. The van der Waals surface area contributed by atoms with Crippen molar-refractivity contribution in [2.75, 3.05) is 14.2 Å². The molecule has 0 atom stereocenters. The molecule has 6 heteroatoms. The van der Waals surface area contributed by atoms with Gasteiger partial charge in [-0.3, -0.25) is 9.36 Å². The van der Waals surface area contributed by atoms with Crippen molar-refractivity contribution < 1.29 is 18.7 Å². The van der Waals surface area contributed by atoms with Crippen LogP contribution < -0.4 is 5.76 Å². The van der Waals surface area contributed by atoms with Gasteiger partial charge in [-0.25, -0.2) is 4.79 Å². The van der Waals surface area contributed by atoms with E-state index in [-0.39, 0.29) is 12.3 Å².